The SMILES string of the molecule is CCOC(=O)c1c(/N=C/c2ccc(N(C)C)cc2)sc(C)c1C. The molecule has 0 fully saturated rings. The fourth-order valence-electron chi connectivity index (χ4n) is 2.14. The van der Waals surface area contributed by atoms with Crippen molar-refractivity contribution in [2.24, 2.45) is 4.99 Å². The zero-order valence-electron chi connectivity index (χ0n) is 14.2. The van der Waals surface area contributed by atoms with Crippen LogP contribution in [0.25, 0.3) is 0 Å². The Kier molecular flexibility index (Phi) is 5.55. The summed E-state index contributed by atoms with van der Waals surface area (Å²) in [5.74, 6) is -0.301. The molecule has 0 N–H and O–H groups in total. The molecule has 4 nitrogen and oxygen atoms in total. The molecular weight excluding hydrogens is 308 g/mol. The zero-order valence-corrected chi connectivity index (χ0v) is 15.0. The van der Waals surface area contributed by atoms with E-state index in [0.717, 1.165) is 21.7 Å². The summed E-state index contributed by atoms with van der Waals surface area (Å²) >= 11 is 1.52. The molecule has 122 valence electrons. The number of aliphatic imine (C=N–C) groups is 1. The maximum atomic E-state index is 12.1. The maximum absolute atomic E-state index is 12.1. The first-order valence-electron chi connectivity index (χ1n) is 7.52. The standard InChI is InChI=1S/C18H22N2O2S/c1-6-22-18(21)16-12(2)13(3)23-17(16)19-11-14-7-9-15(10-8-14)20(4)5/h7-11H,6H2,1-5H3/b19-11+. The average molecular weight is 330 g/mol. The molecule has 5 heteroatoms. The van der Waals surface area contributed by atoms with Crippen LogP contribution < -0.4 is 4.90 Å². The Labute approximate surface area is 141 Å². The molecule has 0 bridgehead atoms. The van der Waals surface area contributed by atoms with Crippen LogP contribution in [0.1, 0.15) is 33.3 Å². The summed E-state index contributed by atoms with van der Waals surface area (Å²) in [5, 5.41) is 0.704. The number of ether oxygens (including phenoxy) is 1. The van der Waals surface area contributed by atoms with E-state index in [0.29, 0.717) is 17.2 Å². The number of benzene rings is 1. The highest BCUT2D eigenvalue weighted by Crippen LogP contribution is 2.35. The predicted molar refractivity (Wildman–Crippen MR) is 97.8 cm³/mol. The molecule has 1 aromatic heterocycles. The fourth-order valence-corrected chi connectivity index (χ4v) is 3.12. The molecule has 0 radical (unpaired) electrons. The van der Waals surface area contributed by atoms with Crippen LogP contribution >= 0.6 is 11.3 Å². The Morgan fingerprint density at radius 1 is 1.26 bits per heavy atom. The molecule has 0 atom stereocenters. The van der Waals surface area contributed by atoms with Crippen LogP contribution in [0, 0.1) is 13.8 Å². The number of thiophene rings is 1. The Bertz CT molecular complexity index is 715. The van der Waals surface area contributed by atoms with Gasteiger partial charge in [-0.05, 0) is 44.0 Å². The average Bonchev–Trinajstić information content (AvgIpc) is 2.80. The lowest BCUT2D eigenvalue weighted by atomic mass is 10.1. The van der Waals surface area contributed by atoms with Gasteiger partial charge in [0.15, 0.2) is 0 Å². The van der Waals surface area contributed by atoms with E-state index in [2.05, 4.69) is 4.99 Å². The predicted octanol–water partition coefficient (Wildman–Crippen LogP) is 4.36. The third-order valence-electron chi connectivity index (χ3n) is 3.59. The van der Waals surface area contributed by atoms with E-state index < -0.39 is 0 Å². The Morgan fingerprint density at radius 2 is 1.91 bits per heavy atom. The highest BCUT2D eigenvalue weighted by atomic mass is 32.1. The van der Waals surface area contributed by atoms with Gasteiger partial charge in [-0.1, -0.05) is 12.1 Å². The number of nitrogens with zero attached hydrogens (tertiary/aromatic N) is 2. The lowest BCUT2D eigenvalue weighted by Crippen LogP contribution is -2.08. The van der Waals surface area contributed by atoms with Crippen molar-refractivity contribution in [1.29, 1.82) is 0 Å². The number of esters is 1. The van der Waals surface area contributed by atoms with Gasteiger partial charge in [-0.15, -0.1) is 11.3 Å². The number of hydrogen-bond donors (Lipinski definition) is 0. The minimum atomic E-state index is -0.301. The minimum absolute atomic E-state index is 0.301. The van der Waals surface area contributed by atoms with Crippen molar-refractivity contribution in [3.63, 3.8) is 0 Å². The molecule has 1 heterocycles. The first-order valence-corrected chi connectivity index (χ1v) is 8.34. The van der Waals surface area contributed by atoms with E-state index in [1.165, 1.54) is 11.3 Å². The van der Waals surface area contributed by atoms with Crippen LogP contribution in [-0.2, 0) is 4.74 Å². The topological polar surface area (TPSA) is 41.9 Å². The Balaban J connectivity index is 2.28. The third-order valence-corrected chi connectivity index (χ3v) is 4.70. The van der Waals surface area contributed by atoms with Gasteiger partial charge in [0.05, 0.1) is 12.2 Å². The second kappa shape index (κ2) is 7.42. The molecule has 0 saturated heterocycles. The molecule has 0 unspecified atom stereocenters. The van der Waals surface area contributed by atoms with Crippen molar-refractivity contribution in [2.45, 2.75) is 20.8 Å². The van der Waals surface area contributed by atoms with Crippen LogP contribution in [0.5, 0.6) is 0 Å². The van der Waals surface area contributed by atoms with Crippen molar-refractivity contribution in [2.75, 3.05) is 25.6 Å². The normalized spacial score (nSPS) is 11.0. The third kappa shape index (κ3) is 3.99. The van der Waals surface area contributed by atoms with Gasteiger partial charge in [0.25, 0.3) is 0 Å². The van der Waals surface area contributed by atoms with Crippen LogP contribution in [-0.4, -0.2) is 32.9 Å². The van der Waals surface area contributed by atoms with Gasteiger partial charge in [0.2, 0.25) is 0 Å². The van der Waals surface area contributed by atoms with Crippen LogP contribution in [0.15, 0.2) is 29.3 Å². The largest absolute Gasteiger partial charge is 0.462 e. The fraction of sp³-hybridized carbons (Fsp3) is 0.333. The summed E-state index contributed by atoms with van der Waals surface area (Å²) in [5.41, 5.74) is 3.66. The van der Waals surface area contributed by atoms with Crippen molar-refractivity contribution in [1.82, 2.24) is 0 Å². The minimum Gasteiger partial charge on any atom is -0.462 e. The molecule has 0 aliphatic carbocycles. The summed E-state index contributed by atoms with van der Waals surface area (Å²) < 4.78 is 5.15. The van der Waals surface area contributed by atoms with Crippen molar-refractivity contribution in [3.05, 3.63) is 45.8 Å². The van der Waals surface area contributed by atoms with Crippen LogP contribution in [0.4, 0.5) is 10.7 Å². The molecule has 2 rings (SSSR count). The number of anilines is 1. The van der Waals surface area contributed by atoms with Gasteiger partial charge in [-0.25, -0.2) is 9.79 Å². The van der Waals surface area contributed by atoms with E-state index in [1.807, 2.05) is 64.0 Å². The zero-order chi connectivity index (χ0) is 17.0. The Morgan fingerprint density at radius 3 is 2.48 bits per heavy atom. The monoisotopic (exact) mass is 330 g/mol. The highest BCUT2D eigenvalue weighted by Gasteiger charge is 2.19. The second-order valence-corrected chi connectivity index (χ2v) is 6.63. The number of carbonyl (C=O) groups excluding carboxylic acids is 1. The number of aryl methyl sites for hydroxylation is 1. The van der Waals surface area contributed by atoms with Gasteiger partial charge >= 0.3 is 5.97 Å². The second-order valence-electron chi connectivity index (χ2n) is 5.43. The van der Waals surface area contributed by atoms with Crippen LogP contribution in [0.2, 0.25) is 0 Å². The molecule has 2 aromatic rings. The van der Waals surface area contributed by atoms with Crippen molar-refractivity contribution >= 4 is 34.2 Å². The van der Waals surface area contributed by atoms with Crippen LogP contribution in [0.3, 0.4) is 0 Å². The Hall–Kier alpha value is -2.14. The van der Waals surface area contributed by atoms with Gasteiger partial charge < -0.3 is 9.64 Å². The number of rotatable bonds is 5. The van der Waals surface area contributed by atoms with E-state index in [-0.39, 0.29) is 5.97 Å². The first kappa shape index (κ1) is 17.2. The van der Waals surface area contributed by atoms with Gasteiger partial charge in [-0.2, -0.15) is 0 Å². The van der Waals surface area contributed by atoms with E-state index in [1.54, 1.807) is 6.21 Å². The summed E-state index contributed by atoms with van der Waals surface area (Å²) in [6.07, 6.45) is 1.78. The quantitative estimate of drug-likeness (QED) is 0.604. The van der Waals surface area contributed by atoms with Gasteiger partial charge in [-0.3, -0.25) is 0 Å². The lowest BCUT2D eigenvalue weighted by molar-refractivity contribution is 0.0527. The molecule has 0 aliphatic rings. The number of carbonyl (C=O) groups is 1. The first-order chi connectivity index (χ1) is 10.9. The van der Waals surface area contributed by atoms with E-state index in [4.69, 9.17) is 4.74 Å². The van der Waals surface area contributed by atoms with Gasteiger partial charge in [0, 0.05) is 30.9 Å². The summed E-state index contributed by atoms with van der Waals surface area (Å²) in [6, 6.07) is 8.10. The number of hydrogen-bond acceptors (Lipinski definition) is 5. The van der Waals surface area contributed by atoms with Crippen molar-refractivity contribution < 1.29 is 9.53 Å². The lowest BCUT2D eigenvalue weighted by Gasteiger charge is -2.11. The summed E-state index contributed by atoms with van der Waals surface area (Å²) in [4.78, 5) is 19.8. The maximum Gasteiger partial charge on any atom is 0.341 e. The smallest absolute Gasteiger partial charge is 0.341 e. The molecule has 0 saturated carbocycles. The van der Waals surface area contributed by atoms with Crippen molar-refractivity contribution in [3.8, 4) is 0 Å². The molecule has 1 aromatic carbocycles. The molecule has 0 amide bonds. The summed E-state index contributed by atoms with van der Waals surface area (Å²) in [7, 11) is 4.01. The van der Waals surface area contributed by atoms with Gasteiger partial charge in [0.1, 0.15) is 5.00 Å². The van der Waals surface area contributed by atoms with E-state index >= 15 is 0 Å². The van der Waals surface area contributed by atoms with E-state index in [9.17, 15) is 4.79 Å². The highest BCUT2D eigenvalue weighted by molar-refractivity contribution is 7.16. The molecular formula is C18H22N2O2S. The summed E-state index contributed by atoms with van der Waals surface area (Å²) in [6.45, 7) is 6.10. The molecule has 23 heavy (non-hydrogen) atoms. The molecule has 0 aliphatic heterocycles. The molecule has 0 spiro atoms.